The van der Waals surface area contributed by atoms with Crippen molar-refractivity contribution in [3.63, 3.8) is 0 Å². The minimum absolute atomic E-state index is 0.255. The van der Waals surface area contributed by atoms with Crippen molar-refractivity contribution in [1.29, 1.82) is 0 Å². The highest BCUT2D eigenvalue weighted by atomic mass is 16.5. The lowest BCUT2D eigenvalue weighted by atomic mass is 10.0. The molecule has 1 aromatic carbocycles. The van der Waals surface area contributed by atoms with Crippen molar-refractivity contribution in [3.8, 4) is 0 Å². The number of nitrogens with zero attached hydrogens (tertiary/aromatic N) is 3. The summed E-state index contributed by atoms with van der Waals surface area (Å²) in [5.74, 6) is 0.856. The fourth-order valence-electron chi connectivity index (χ4n) is 3.57. The number of aromatic nitrogens is 1. The fourth-order valence-corrected chi connectivity index (χ4v) is 3.57. The van der Waals surface area contributed by atoms with E-state index < -0.39 is 0 Å². The molecular formula is C23H33N5O. The van der Waals surface area contributed by atoms with Crippen molar-refractivity contribution in [2.24, 2.45) is 4.99 Å². The number of guanidine groups is 1. The lowest BCUT2D eigenvalue weighted by Gasteiger charge is -2.34. The third-order valence-electron chi connectivity index (χ3n) is 5.08. The molecule has 1 atom stereocenters. The molecule has 1 unspecified atom stereocenters. The van der Waals surface area contributed by atoms with Crippen LogP contribution in [0.15, 0.2) is 53.7 Å². The van der Waals surface area contributed by atoms with Crippen molar-refractivity contribution in [1.82, 2.24) is 20.5 Å². The van der Waals surface area contributed by atoms with Gasteiger partial charge in [0.2, 0.25) is 0 Å². The Balaban J connectivity index is 1.66. The van der Waals surface area contributed by atoms with Gasteiger partial charge in [-0.3, -0.25) is 14.9 Å². The summed E-state index contributed by atoms with van der Waals surface area (Å²) in [5.41, 5.74) is 3.69. The van der Waals surface area contributed by atoms with Crippen LogP contribution in [0.25, 0.3) is 0 Å². The molecule has 2 N–H and O–H groups in total. The maximum absolute atomic E-state index is 5.56. The lowest BCUT2D eigenvalue weighted by molar-refractivity contribution is 0.0179. The highest BCUT2D eigenvalue weighted by molar-refractivity contribution is 5.79. The summed E-state index contributed by atoms with van der Waals surface area (Å²) < 4.78 is 5.56. The highest BCUT2D eigenvalue weighted by Crippen LogP contribution is 2.23. The second-order valence-electron chi connectivity index (χ2n) is 7.30. The van der Waals surface area contributed by atoms with Crippen molar-refractivity contribution >= 4 is 5.96 Å². The van der Waals surface area contributed by atoms with E-state index in [2.05, 4.69) is 64.7 Å². The van der Waals surface area contributed by atoms with E-state index in [-0.39, 0.29) is 6.04 Å². The zero-order valence-electron chi connectivity index (χ0n) is 17.6. The Labute approximate surface area is 174 Å². The first-order valence-corrected chi connectivity index (χ1v) is 10.6. The van der Waals surface area contributed by atoms with Gasteiger partial charge in [-0.15, -0.1) is 0 Å². The standard InChI is InChI=1S/C23H33N5O/c1-3-24-23(26-12-10-21-9-4-5-11-25-21)27-18-22(28-13-15-29-16-14-28)20-8-6-7-19(2)17-20/h4-9,11,17,22H,3,10,12-16,18H2,1-2H3,(H2,24,26,27). The molecule has 0 amide bonds. The van der Waals surface area contributed by atoms with Crippen molar-refractivity contribution in [2.75, 3.05) is 45.9 Å². The number of benzene rings is 1. The maximum Gasteiger partial charge on any atom is 0.191 e. The van der Waals surface area contributed by atoms with Crippen molar-refractivity contribution in [2.45, 2.75) is 26.3 Å². The molecule has 0 bridgehead atoms. The lowest BCUT2D eigenvalue weighted by Crippen LogP contribution is -2.42. The summed E-state index contributed by atoms with van der Waals surface area (Å²) in [6, 6.07) is 15.0. The molecule has 1 aliphatic rings. The van der Waals surface area contributed by atoms with Gasteiger partial charge in [-0.2, -0.15) is 0 Å². The molecule has 6 heteroatoms. The summed E-state index contributed by atoms with van der Waals surface area (Å²) in [4.78, 5) is 11.8. The first-order chi connectivity index (χ1) is 14.3. The third kappa shape index (κ3) is 6.84. The third-order valence-corrected chi connectivity index (χ3v) is 5.08. The maximum atomic E-state index is 5.56. The number of nitrogens with one attached hydrogen (secondary N) is 2. The predicted molar refractivity (Wildman–Crippen MR) is 118 cm³/mol. The molecule has 0 saturated carbocycles. The van der Waals surface area contributed by atoms with Gasteiger partial charge in [0.25, 0.3) is 0 Å². The molecule has 0 spiro atoms. The molecule has 1 saturated heterocycles. The second kappa shape index (κ2) is 11.5. The molecule has 29 heavy (non-hydrogen) atoms. The quantitative estimate of drug-likeness (QED) is 0.531. The summed E-state index contributed by atoms with van der Waals surface area (Å²) in [7, 11) is 0. The van der Waals surface area contributed by atoms with Crippen LogP contribution in [0.4, 0.5) is 0 Å². The van der Waals surface area contributed by atoms with Gasteiger partial charge in [0, 0.05) is 44.5 Å². The Hall–Kier alpha value is -2.44. The number of ether oxygens (including phenoxy) is 1. The summed E-state index contributed by atoms with van der Waals surface area (Å²) in [6.07, 6.45) is 2.71. The van der Waals surface area contributed by atoms with Crippen LogP contribution in [0.5, 0.6) is 0 Å². The molecule has 2 aromatic rings. The minimum Gasteiger partial charge on any atom is -0.379 e. The van der Waals surface area contributed by atoms with Crippen molar-refractivity contribution in [3.05, 3.63) is 65.5 Å². The largest absolute Gasteiger partial charge is 0.379 e. The zero-order valence-corrected chi connectivity index (χ0v) is 17.6. The normalized spacial score (nSPS) is 16.4. The van der Waals surface area contributed by atoms with Gasteiger partial charge in [0.05, 0.1) is 25.8 Å². The van der Waals surface area contributed by atoms with E-state index in [4.69, 9.17) is 9.73 Å². The van der Waals surface area contributed by atoms with E-state index in [1.807, 2.05) is 18.3 Å². The monoisotopic (exact) mass is 395 g/mol. The highest BCUT2D eigenvalue weighted by Gasteiger charge is 2.22. The molecule has 1 aliphatic heterocycles. The van der Waals surface area contributed by atoms with Crippen LogP contribution in [0.2, 0.25) is 0 Å². The molecule has 0 aliphatic carbocycles. The Morgan fingerprint density at radius 2 is 2.03 bits per heavy atom. The van der Waals surface area contributed by atoms with E-state index in [0.717, 1.165) is 57.5 Å². The number of morpholine rings is 1. The molecular weight excluding hydrogens is 362 g/mol. The molecule has 0 radical (unpaired) electrons. The number of rotatable bonds is 8. The van der Waals surface area contributed by atoms with E-state index in [1.165, 1.54) is 11.1 Å². The number of aliphatic imine (C=N–C) groups is 1. The fraction of sp³-hybridized carbons (Fsp3) is 0.478. The van der Waals surface area contributed by atoms with Crippen molar-refractivity contribution < 1.29 is 4.74 Å². The molecule has 156 valence electrons. The average Bonchev–Trinajstić information content (AvgIpc) is 2.75. The van der Waals surface area contributed by atoms with Gasteiger partial charge < -0.3 is 15.4 Å². The molecule has 2 heterocycles. The number of aryl methyl sites for hydroxylation is 1. The van der Waals surface area contributed by atoms with Gasteiger partial charge in [-0.25, -0.2) is 0 Å². The van der Waals surface area contributed by atoms with E-state index in [1.54, 1.807) is 0 Å². The molecule has 3 rings (SSSR count). The molecule has 6 nitrogen and oxygen atoms in total. The van der Waals surface area contributed by atoms with Gasteiger partial charge >= 0.3 is 0 Å². The van der Waals surface area contributed by atoms with Crippen LogP contribution in [-0.2, 0) is 11.2 Å². The van der Waals surface area contributed by atoms with Gasteiger partial charge in [0.1, 0.15) is 0 Å². The van der Waals surface area contributed by atoms with Gasteiger partial charge in [-0.05, 0) is 31.5 Å². The molecule has 1 fully saturated rings. The van der Waals surface area contributed by atoms with Gasteiger partial charge in [0.15, 0.2) is 5.96 Å². The van der Waals surface area contributed by atoms with E-state index in [0.29, 0.717) is 6.54 Å². The number of pyridine rings is 1. The van der Waals surface area contributed by atoms with Gasteiger partial charge in [-0.1, -0.05) is 35.9 Å². The van der Waals surface area contributed by atoms with Crippen LogP contribution >= 0.6 is 0 Å². The SMILES string of the molecule is CCNC(=NCC(c1cccc(C)c1)N1CCOCC1)NCCc1ccccn1. The van der Waals surface area contributed by atoms with Crippen LogP contribution in [0.3, 0.4) is 0 Å². The summed E-state index contributed by atoms with van der Waals surface area (Å²) >= 11 is 0. The Bertz CT molecular complexity index is 759. The predicted octanol–water partition coefficient (Wildman–Crippen LogP) is 2.56. The Morgan fingerprint density at radius 3 is 2.76 bits per heavy atom. The first kappa shape index (κ1) is 21.3. The zero-order chi connectivity index (χ0) is 20.3. The second-order valence-corrected chi connectivity index (χ2v) is 7.30. The van der Waals surface area contributed by atoms with Crippen LogP contribution < -0.4 is 10.6 Å². The number of hydrogen-bond donors (Lipinski definition) is 2. The van der Waals surface area contributed by atoms with Crippen LogP contribution in [0.1, 0.15) is 29.8 Å². The number of hydrogen-bond acceptors (Lipinski definition) is 4. The Morgan fingerprint density at radius 1 is 1.17 bits per heavy atom. The van der Waals surface area contributed by atoms with E-state index >= 15 is 0 Å². The van der Waals surface area contributed by atoms with Crippen LogP contribution in [0, 0.1) is 6.92 Å². The first-order valence-electron chi connectivity index (χ1n) is 10.6. The average molecular weight is 396 g/mol. The van der Waals surface area contributed by atoms with E-state index in [9.17, 15) is 0 Å². The summed E-state index contributed by atoms with van der Waals surface area (Å²) in [5, 5.41) is 6.81. The topological polar surface area (TPSA) is 61.8 Å². The smallest absolute Gasteiger partial charge is 0.191 e. The summed E-state index contributed by atoms with van der Waals surface area (Å²) in [6.45, 7) is 10.0. The Kier molecular flexibility index (Phi) is 8.46. The minimum atomic E-state index is 0.255. The van der Waals surface area contributed by atoms with Crippen LogP contribution in [-0.4, -0.2) is 61.8 Å². The molecule has 1 aromatic heterocycles.